The van der Waals surface area contributed by atoms with Gasteiger partial charge >= 0.3 is 0 Å². The van der Waals surface area contributed by atoms with Crippen molar-refractivity contribution in [3.8, 4) is 5.75 Å². The molecule has 23 heavy (non-hydrogen) atoms. The van der Waals surface area contributed by atoms with Crippen LogP contribution in [0.5, 0.6) is 5.75 Å². The molecule has 1 rings (SSSR count). The van der Waals surface area contributed by atoms with Crippen molar-refractivity contribution in [1.82, 2.24) is 0 Å². The molecule has 0 aliphatic rings. The number of hydrogen-bond acceptors (Lipinski definition) is 3. The van der Waals surface area contributed by atoms with Crippen LogP contribution in [0.2, 0.25) is 0 Å². The van der Waals surface area contributed by atoms with Gasteiger partial charge in [0, 0.05) is 24.6 Å². The summed E-state index contributed by atoms with van der Waals surface area (Å²) in [6.45, 7) is 4.15. The van der Waals surface area contributed by atoms with Crippen LogP contribution in [-0.2, 0) is 9.59 Å². The molecule has 0 spiro atoms. The van der Waals surface area contributed by atoms with Crippen LogP contribution < -0.4 is 15.4 Å². The molecule has 0 bridgehead atoms. The van der Waals surface area contributed by atoms with E-state index in [2.05, 4.69) is 17.6 Å². The van der Waals surface area contributed by atoms with Gasteiger partial charge in [0.1, 0.15) is 5.75 Å². The number of carbonyl (C=O) groups excluding carboxylic acids is 2. The fourth-order valence-electron chi connectivity index (χ4n) is 2.18. The van der Waals surface area contributed by atoms with Crippen LogP contribution in [0.1, 0.15) is 58.8 Å². The van der Waals surface area contributed by atoms with Gasteiger partial charge in [-0.2, -0.15) is 0 Å². The summed E-state index contributed by atoms with van der Waals surface area (Å²) in [4.78, 5) is 23.7. The smallest absolute Gasteiger partial charge is 0.224 e. The molecule has 2 N–H and O–H groups in total. The SMILES string of the molecule is CCCCCC(=O)Nc1ccc(NC(=O)CCCC)c(OC)c1. The lowest BCUT2D eigenvalue weighted by atomic mass is 10.2. The molecule has 0 saturated carbocycles. The van der Waals surface area contributed by atoms with Crippen molar-refractivity contribution in [3.05, 3.63) is 18.2 Å². The minimum Gasteiger partial charge on any atom is -0.494 e. The molecular weight excluding hydrogens is 292 g/mol. The number of carbonyl (C=O) groups is 2. The van der Waals surface area contributed by atoms with Gasteiger partial charge in [-0.3, -0.25) is 9.59 Å². The highest BCUT2D eigenvalue weighted by atomic mass is 16.5. The summed E-state index contributed by atoms with van der Waals surface area (Å²) in [5, 5.41) is 5.70. The first kappa shape index (κ1) is 19.0. The second-order valence-electron chi connectivity index (χ2n) is 5.57. The molecule has 1 aromatic rings. The fourth-order valence-corrected chi connectivity index (χ4v) is 2.18. The first-order valence-corrected chi connectivity index (χ1v) is 8.38. The Hall–Kier alpha value is -2.04. The van der Waals surface area contributed by atoms with Crippen LogP contribution in [0.3, 0.4) is 0 Å². The molecule has 0 saturated heterocycles. The van der Waals surface area contributed by atoms with E-state index in [0.29, 0.717) is 30.0 Å². The topological polar surface area (TPSA) is 67.4 Å². The maximum atomic E-state index is 11.8. The molecule has 0 aliphatic carbocycles. The molecular formula is C18H28N2O3. The maximum Gasteiger partial charge on any atom is 0.224 e. The first-order chi connectivity index (χ1) is 11.1. The number of benzene rings is 1. The predicted octanol–water partition coefficient (Wildman–Crippen LogP) is 4.34. The Kier molecular flexibility index (Phi) is 8.80. The van der Waals surface area contributed by atoms with E-state index in [1.54, 1.807) is 25.3 Å². The summed E-state index contributed by atoms with van der Waals surface area (Å²) in [5.74, 6) is 0.517. The van der Waals surface area contributed by atoms with Crippen LogP contribution in [-0.4, -0.2) is 18.9 Å². The van der Waals surface area contributed by atoms with Crippen molar-refractivity contribution in [2.45, 2.75) is 58.8 Å². The average molecular weight is 320 g/mol. The third kappa shape index (κ3) is 7.17. The number of methoxy groups -OCH3 is 1. The average Bonchev–Trinajstić information content (AvgIpc) is 2.54. The van der Waals surface area contributed by atoms with Gasteiger partial charge in [0.2, 0.25) is 11.8 Å². The van der Waals surface area contributed by atoms with Gasteiger partial charge in [-0.05, 0) is 25.0 Å². The molecule has 0 fully saturated rings. The summed E-state index contributed by atoms with van der Waals surface area (Å²) in [6.07, 6.45) is 5.90. The minimum atomic E-state index is -0.0264. The van der Waals surface area contributed by atoms with Gasteiger partial charge in [0.15, 0.2) is 0 Å². The Morgan fingerprint density at radius 3 is 2.26 bits per heavy atom. The van der Waals surface area contributed by atoms with E-state index in [4.69, 9.17) is 4.74 Å². The zero-order valence-corrected chi connectivity index (χ0v) is 14.4. The van der Waals surface area contributed by atoms with Gasteiger partial charge in [-0.1, -0.05) is 33.1 Å². The molecule has 0 radical (unpaired) electrons. The summed E-state index contributed by atoms with van der Waals surface area (Å²) in [6, 6.07) is 5.26. The highest BCUT2D eigenvalue weighted by Gasteiger charge is 2.09. The highest BCUT2D eigenvalue weighted by molar-refractivity contribution is 5.94. The number of anilines is 2. The van der Waals surface area contributed by atoms with E-state index in [1.807, 2.05) is 6.92 Å². The van der Waals surface area contributed by atoms with Crippen molar-refractivity contribution in [3.63, 3.8) is 0 Å². The normalized spacial score (nSPS) is 10.2. The molecule has 0 atom stereocenters. The summed E-state index contributed by atoms with van der Waals surface area (Å²) in [7, 11) is 1.55. The number of hydrogen-bond donors (Lipinski definition) is 2. The molecule has 1 aromatic carbocycles. The van der Waals surface area contributed by atoms with E-state index in [-0.39, 0.29) is 11.8 Å². The number of nitrogens with one attached hydrogen (secondary N) is 2. The highest BCUT2D eigenvalue weighted by Crippen LogP contribution is 2.28. The van der Waals surface area contributed by atoms with Crippen molar-refractivity contribution in [2.75, 3.05) is 17.7 Å². The van der Waals surface area contributed by atoms with Crippen LogP contribution >= 0.6 is 0 Å². The molecule has 0 heterocycles. The summed E-state index contributed by atoms with van der Waals surface area (Å²) in [5.41, 5.74) is 1.30. The maximum absolute atomic E-state index is 11.8. The zero-order chi connectivity index (χ0) is 17.1. The molecule has 5 nitrogen and oxygen atoms in total. The van der Waals surface area contributed by atoms with Gasteiger partial charge in [-0.15, -0.1) is 0 Å². The van der Waals surface area contributed by atoms with Crippen molar-refractivity contribution < 1.29 is 14.3 Å². The summed E-state index contributed by atoms with van der Waals surface area (Å²) >= 11 is 0. The Morgan fingerprint density at radius 1 is 0.957 bits per heavy atom. The van der Waals surface area contributed by atoms with Crippen molar-refractivity contribution in [1.29, 1.82) is 0 Å². The van der Waals surface area contributed by atoms with Crippen molar-refractivity contribution in [2.24, 2.45) is 0 Å². The Morgan fingerprint density at radius 2 is 1.61 bits per heavy atom. The van der Waals surface area contributed by atoms with E-state index in [0.717, 1.165) is 32.1 Å². The quantitative estimate of drug-likeness (QED) is 0.630. The monoisotopic (exact) mass is 320 g/mol. The number of unbranched alkanes of at least 4 members (excludes halogenated alkanes) is 3. The van der Waals surface area contributed by atoms with Gasteiger partial charge < -0.3 is 15.4 Å². The predicted molar refractivity (Wildman–Crippen MR) is 93.9 cm³/mol. The Balaban J connectivity index is 2.64. The molecule has 128 valence electrons. The molecule has 0 aromatic heterocycles. The second-order valence-corrected chi connectivity index (χ2v) is 5.57. The summed E-state index contributed by atoms with van der Waals surface area (Å²) < 4.78 is 5.31. The molecule has 0 aliphatic heterocycles. The lowest BCUT2D eigenvalue weighted by Crippen LogP contribution is -2.13. The third-order valence-corrected chi connectivity index (χ3v) is 3.52. The van der Waals surface area contributed by atoms with Gasteiger partial charge in [0.05, 0.1) is 12.8 Å². The number of amides is 2. The molecule has 0 unspecified atom stereocenters. The zero-order valence-electron chi connectivity index (χ0n) is 14.4. The van der Waals surface area contributed by atoms with Gasteiger partial charge in [-0.25, -0.2) is 0 Å². The van der Waals surface area contributed by atoms with Crippen LogP contribution in [0, 0.1) is 0 Å². The van der Waals surface area contributed by atoms with Crippen LogP contribution in [0.15, 0.2) is 18.2 Å². The minimum absolute atomic E-state index is 0.000217. The number of rotatable bonds is 10. The lowest BCUT2D eigenvalue weighted by Gasteiger charge is -2.12. The Bertz CT molecular complexity index is 515. The fraction of sp³-hybridized carbons (Fsp3) is 0.556. The first-order valence-electron chi connectivity index (χ1n) is 8.38. The molecule has 5 heteroatoms. The Labute approximate surface area is 138 Å². The van der Waals surface area contributed by atoms with Gasteiger partial charge in [0.25, 0.3) is 0 Å². The van der Waals surface area contributed by atoms with E-state index >= 15 is 0 Å². The lowest BCUT2D eigenvalue weighted by molar-refractivity contribution is -0.117. The largest absolute Gasteiger partial charge is 0.494 e. The van der Waals surface area contributed by atoms with E-state index in [1.165, 1.54) is 0 Å². The van der Waals surface area contributed by atoms with E-state index < -0.39 is 0 Å². The van der Waals surface area contributed by atoms with Crippen molar-refractivity contribution >= 4 is 23.2 Å². The number of ether oxygens (including phenoxy) is 1. The second kappa shape index (κ2) is 10.6. The third-order valence-electron chi connectivity index (χ3n) is 3.52. The van der Waals surface area contributed by atoms with Crippen LogP contribution in [0.4, 0.5) is 11.4 Å². The van der Waals surface area contributed by atoms with E-state index in [9.17, 15) is 9.59 Å². The standard InChI is InChI=1S/C18H28N2O3/c1-4-6-8-10-17(21)19-14-11-12-15(16(13-14)23-3)20-18(22)9-7-5-2/h11-13H,4-10H2,1-3H3,(H,19,21)(H,20,22). The van der Waals surface area contributed by atoms with Crippen LogP contribution in [0.25, 0.3) is 0 Å². The molecule has 2 amide bonds.